The van der Waals surface area contributed by atoms with Crippen LogP contribution in [0.5, 0.6) is 0 Å². The number of carbonyl (C=O) groups excluding carboxylic acids is 1. The molecule has 4 heteroatoms. The van der Waals surface area contributed by atoms with E-state index in [2.05, 4.69) is 13.5 Å². The van der Waals surface area contributed by atoms with Crippen LogP contribution in [0.1, 0.15) is 26.7 Å². The number of ether oxygens (including phenoxy) is 3. The summed E-state index contributed by atoms with van der Waals surface area (Å²) in [4.78, 5) is 10.9. The minimum atomic E-state index is -0.419. The van der Waals surface area contributed by atoms with Crippen LogP contribution < -0.4 is 0 Å². The summed E-state index contributed by atoms with van der Waals surface area (Å²) in [7, 11) is 0. The lowest BCUT2D eigenvalue weighted by atomic mass is 10.4. The van der Waals surface area contributed by atoms with Crippen LogP contribution in [-0.2, 0) is 19.0 Å². The van der Waals surface area contributed by atoms with Crippen molar-refractivity contribution in [3.8, 4) is 0 Å². The molecule has 0 radical (unpaired) electrons. The van der Waals surface area contributed by atoms with Gasteiger partial charge in [-0.2, -0.15) is 0 Å². The summed E-state index contributed by atoms with van der Waals surface area (Å²) >= 11 is 0. The zero-order valence-electron chi connectivity index (χ0n) is 9.58. The minimum Gasteiger partial charge on any atom is -0.435 e. The quantitative estimate of drug-likeness (QED) is 0.255. The van der Waals surface area contributed by atoms with Crippen LogP contribution >= 0.6 is 0 Å². The maximum absolute atomic E-state index is 10.9. The van der Waals surface area contributed by atoms with E-state index < -0.39 is 5.97 Å². The van der Waals surface area contributed by atoms with Crippen LogP contribution in [0.2, 0.25) is 0 Å². The van der Waals surface area contributed by atoms with Gasteiger partial charge in [-0.3, -0.25) is 0 Å². The standard InChI is InChI=1S/C11H20O4/c1-4-6-13-7-5-8-14-9-15-11(12)10(2)3/h2,4-9H2,1,3H3. The first-order chi connectivity index (χ1) is 7.18. The number of hydrogen-bond donors (Lipinski definition) is 0. The summed E-state index contributed by atoms with van der Waals surface area (Å²) in [6, 6.07) is 0. The minimum absolute atomic E-state index is 0.0144. The molecular weight excluding hydrogens is 196 g/mol. The van der Waals surface area contributed by atoms with E-state index in [1.165, 1.54) is 0 Å². The molecule has 0 rings (SSSR count). The van der Waals surface area contributed by atoms with Gasteiger partial charge < -0.3 is 14.2 Å². The van der Waals surface area contributed by atoms with Crippen LogP contribution in [0.3, 0.4) is 0 Å². The maximum Gasteiger partial charge on any atom is 0.335 e. The summed E-state index contributed by atoms with van der Waals surface area (Å²) in [5.74, 6) is -0.419. The molecular formula is C11H20O4. The Morgan fingerprint density at radius 3 is 2.47 bits per heavy atom. The lowest BCUT2D eigenvalue weighted by Crippen LogP contribution is -2.10. The van der Waals surface area contributed by atoms with Gasteiger partial charge in [-0.1, -0.05) is 13.5 Å². The smallest absolute Gasteiger partial charge is 0.335 e. The van der Waals surface area contributed by atoms with Crippen molar-refractivity contribution < 1.29 is 19.0 Å². The average molecular weight is 216 g/mol. The van der Waals surface area contributed by atoms with Crippen molar-refractivity contribution in [1.82, 2.24) is 0 Å². The lowest BCUT2D eigenvalue weighted by Gasteiger charge is -2.05. The van der Waals surface area contributed by atoms with Crippen molar-refractivity contribution in [2.24, 2.45) is 0 Å². The fraction of sp³-hybridized carbons (Fsp3) is 0.727. The molecule has 0 aliphatic heterocycles. The van der Waals surface area contributed by atoms with Crippen LogP contribution in [0.25, 0.3) is 0 Å². The molecule has 0 fully saturated rings. The Balaban J connectivity index is 3.11. The molecule has 0 spiro atoms. The highest BCUT2D eigenvalue weighted by atomic mass is 16.7. The van der Waals surface area contributed by atoms with Gasteiger partial charge in [0.1, 0.15) is 0 Å². The molecule has 0 aliphatic rings. The molecule has 0 bridgehead atoms. The van der Waals surface area contributed by atoms with Crippen molar-refractivity contribution in [2.75, 3.05) is 26.6 Å². The number of rotatable bonds is 9. The van der Waals surface area contributed by atoms with E-state index in [4.69, 9.17) is 14.2 Å². The summed E-state index contributed by atoms with van der Waals surface area (Å²) in [6.07, 6.45) is 1.84. The predicted octanol–water partition coefficient (Wildman–Crippen LogP) is 1.90. The molecule has 4 nitrogen and oxygen atoms in total. The van der Waals surface area contributed by atoms with Gasteiger partial charge in [-0.25, -0.2) is 4.79 Å². The van der Waals surface area contributed by atoms with Gasteiger partial charge in [0.2, 0.25) is 0 Å². The van der Waals surface area contributed by atoms with E-state index in [-0.39, 0.29) is 6.79 Å². The fourth-order valence-electron chi connectivity index (χ4n) is 0.787. The molecule has 0 saturated heterocycles. The van der Waals surface area contributed by atoms with Crippen LogP contribution in [0.4, 0.5) is 0 Å². The van der Waals surface area contributed by atoms with E-state index in [9.17, 15) is 4.79 Å². The molecule has 88 valence electrons. The second-order valence-corrected chi connectivity index (χ2v) is 3.20. The van der Waals surface area contributed by atoms with Gasteiger partial charge in [0.05, 0.1) is 6.61 Å². The second-order valence-electron chi connectivity index (χ2n) is 3.20. The highest BCUT2D eigenvalue weighted by molar-refractivity contribution is 5.86. The van der Waals surface area contributed by atoms with Gasteiger partial charge in [0.25, 0.3) is 0 Å². The topological polar surface area (TPSA) is 44.8 Å². The highest BCUT2D eigenvalue weighted by Gasteiger charge is 2.01. The van der Waals surface area contributed by atoms with Gasteiger partial charge >= 0.3 is 5.97 Å². The molecule has 0 aliphatic carbocycles. The Bertz CT molecular complexity index is 189. The molecule has 0 heterocycles. The molecule has 0 aromatic heterocycles. The monoisotopic (exact) mass is 216 g/mol. The molecule has 0 N–H and O–H groups in total. The van der Waals surface area contributed by atoms with E-state index in [0.717, 1.165) is 19.4 Å². The molecule has 0 unspecified atom stereocenters. The Labute approximate surface area is 91.2 Å². The fourth-order valence-corrected chi connectivity index (χ4v) is 0.787. The van der Waals surface area contributed by atoms with Crippen LogP contribution in [0, 0.1) is 0 Å². The average Bonchev–Trinajstić information content (AvgIpc) is 2.21. The zero-order chi connectivity index (χ0) is 11.5. The molecule has 0 saturated carbocycles. The largest absolute Gasteiger partial charge is 0.435 e. The lowest BCUT2D eigenvalue weighted by molar-refractivity contribution is -0.151. The normalized spacial score (nSPS) is 10.0. The Hall–Kier alpha value is -0.870. The van der Waals surface area contributed by atoms with Crippen molar-refractivity contribution in [1.29, 1.82) is 0 Å². The molecule has 0 atom stereocenters. The summed E-state index contributed by atoms with van der Waals surface area (Å²) in [6.45, 7) is 9.10. The summed E-state index contributed by atoms with van der Waals surface area (Å²) < 4.78 is 15.0. The van der Waals surface area contributed by atoms with E-state index in [0.29, 0.717) is 18.8 Å². The van der Waals surface area contributed by atoms with Crippen molar-refractivity contribution in [3.05, 3.63) is 12.2 Å². The van der Waals surface area contributed by atoms with Crippen molar-refractivity contribution >= 4 is 5.97 Å². The molecule has 15 heavy (non-hydrogen) atoms. The molecule has 0 aromatic rings. The SMILES string of the molecule is C=C(C)C(=O)OCOCCCOCCC. The zero-order valence-corrected chi connectivity index (χ0v) is 9.58. The summed E-state index contributed by atoms with van der Waals surface area (Å²) in [5, 5.41) is 0. The number of hydrogen-bond acceptors (Lipinski definition) is 4. The first-order valence-electron chi connectivity index (χ1n) is 5.16. The van der Waals surface area contributed by atoms with Gasteiger partial charge in [0.15, 0.2) is 6.79 Å². The van der Waals surface area contributed by atoms with Gasteiger partial charge in [-0.15, -0.1) is 0 Å². The Morgan fingerprint density at radius 2 is 1.87 bits per heavy atom. The van der Waals surface area contributed by atoms with Gasteiger partial charge in [-0.05, 0) is 19.8 Å². The van der Waals surface area contributed by atoms with Crippen molar-refractivity contribution in [2.45, 2.75) is 26.7 Å². The summed E-state index contributed by atoms with van der Waals surface area (Å²) in [5.41, 5.74) is 0.380. The number of carbonyl (C=O) groups is 1. The molecule has 0 aromatic carbocycles. The highest BCUT2D eigenvalue weighted by Crippen LogP contribution is 1.93. The maximum atomic E-state index is 10.9. The second kappa shape index (κ2) is 9.68. The van der Waals surface area contributed by atoms with E-state index in [1.807, 2.05) is 0 Å². The third-order valence-electron chi connectivity index (χ3n) is 1.55. The first kappa shape index (κ1) is 14.1. The Morgan fingerprint density at radius 1 is 1.20 bits per heavy atom. The van der Waals surface area contributed by atoms with Crippen LogP contribution in [0.15, 0.2) is 12.2 Å². The Kier molecular flexibility index (Phi) is 9.11. The molecule has 0 amide bonds. The third kappa shape index (κ3) is 9.43. The van der Waals surface area contributed by atoms with E-state index in [1.54, 1.807) is 6.92 Å². The van der Waals surface area contributed by atoms with Gasteiger partial charge in [0, 0.05) is 18.8 Å². The van der Waals surface area contributed by atoms with E-state index >= 15 is 0 Å². The van der Waals surface area contributed by atoms with Crippen molar-refractivity contribution in [3.63, 3.8) is 0 Å². The van der Waals surface area contributed by atoms with Crippen LogP contribution in [-0.4, -0.2) is 32.6 Å². The third-order valence-corrected chi connectivity index (χ3v) is 1.55. The first-order valence-corrected chi connectivity index (χ1v) is 5.16. The number of esters is 1. The predicted molar refractivity (Wildman–Crippen MR) is 57.5 cm³/mol.